The zero-order valence-corrected chi connectivity index (χ0v) is 21.0. The second kappa shape index (κ2) is 14.2. The van der Waals surface area contributed by atoms with E-state index in [9.17, 15) is 18.9 Å². The highest BCUT2D eigenvalue weighted by molar-refractivity contribution is 8.23. The van der Waals surface area contributed by atoms with E-state index in [1.54, 1.807) is 27.7 Å². The molecule has 0 N–H and O–H groups in total. The highest BCUT2D eigenvalue weighted by Gasteiger charge is 2.44. The molecule has 1 rings (SSSR count). The fourth-order valence-corrected chi connectivity index (χ4v) is 6.71. The minimum absolute atomic E-state index is 0.00367. The fourth-order valence-electron chi connectivity index (χ4n) is 3.07. The third-order valence-corrected chi connectivity index (χ3v) is 8.15. The average Bonchev–Trinajstić information content (AvgIpc) is 2.69. The SMILES string of the molecule is CCOC(=O)C(CC(CN1C(=O)CCCC1=O)SC(=S)OCC)P(=O)(OCC)OCC. The minimum Gasteiger partial charge on any atom is -0.479 e. The number of carbonyl (C=O) groups is 3. The third-order valence-electron chi connectivity index (χ3n) is 4.34. The van der Waals surface area contributed by atoms with E-state index in [0.29, 0.717) is 13.0 Å². The molecule has 178 valence electrons. The number of likely N-dealkylation sites (tertiary alicyclic amines) is 1. The Morgan fingerprint density at radius 1 is 1.03 bits per heavy atom. The molecule has 2 unspecified atom stereocenters. The van der Waals surface area contributed by atoms with Crippen molar-refractivity contribution in [2.24, 2.45) is 0 Å². The number of carbonyl (C=O) groups excluding carboxylic acids is 3. The number of thiocarbonyl (C=S) groups is 1. The van der Waals surface area contributed by atoms with E-state index in [1.165, 1.54) is 4.90 Å². The molecule has 1 aliphatic rings. The van der Waals surface area contributed by atoms with Crippen molar-refractivity contribution in [2.75, 3.05) is 33.0 Å². The molecule has 0 bridgehead atoms. The second-order valence-corrected chi connectivity index (χ2v) is 10.7. The van der Waals surface area contributed by atoms with Gasteiger partial charge in [-0.15, -0.1) is 0 Å². The average molecular weight is 498 g/mol. The summed E-state index contributed by atoms with van der Waals surface area (Å²) in [6.45, 7) is 7.30. The quantitative estimate of drug-likeness (QED) is 0.162. The van der Waals surface area contributed by atoms with Crippen LogP contribution in [0.3, 0.4) is 0 Å². The molecule has 0 aromatic carbocycles. The van der Waals surface area contributed by atoms with Crippen LogP contribution < -0.4 is 0 Å². The smallest absolute Gasteiger partial charge is 0.344 e. The van der Waals surface area contributed by atoms with Gasteiger partial charge in [0, 0.05) is 24.6 Å². The summed E-state index contributed by atoms with van der Waals surface area (Å²) in [6.07, 6.45) is 1.02. The lowest BCUT2D eigenvalue weighted by atomic mass is 10.1. The summed E-state index contributed by atoms with van der Waals surface area (Å²) in [6, 6.07) is 0. The van der Waals surface area contributed by atoms with Crippen molar-refractivity contribution in [1.29, 1.82) is 0 Å². The molecule has 1 heterocycles. The van der Waals surface area contributed by atoms with Crippen LogP contribution in [-0.4, -0.2) is 70.9 Å². The maximum Gasteiger partial charge on any atom is 0.344 e. The van der Waals surface area contributed by atoms with Gasteiger partial charge in [-0.25, -0.2) is 0 Å². The molecular formula is C19H32NO8PS2. The van der Waals surface area contributed by atoms with Crippen LogP contribution in [0, 0.1) is 0 Å². The summed E-state index contributed by atoms with van der Waals surface area (Å²) in [5, 5.41) is -0.561. The maximum absolute atomic E-state index is 13.4. The summed E-state index contributed by atoms with van der Waals surface area (Å²) < 4.78 is 34.9. The van der Waals surface area contributed by atoms with E-state index in [2.05, 4.69) is 0 Å². The Morgan fingerprint density at radius 3 is 2.06 bits per heavy atom. The highest BCUT2D eigenvalue weighted by Crippen LogP contribution is 2.55. The molecule has 0 aliphatic carbocycles. The van der Waals surface area contributed by atoms with Gasteiger partial charge in [-0.3, -0.25) is 23.8 Å². The standard InChI is InChI=1S/C19H32NO8PS2/c1-5-25-18(23)15(29(24,27-7-3)28-8-4)12-14(31-19(30)26-6-2)13-20-16(21)10-9-11-17(20)22/h14-15H,5-13H2,1-4H3. The highest BCUT2D eigenvalue weighted by atomic mass is 32.2. The molecule has 1 aliphatic heterocycles. The largest absolute Gasteiger partial charge is 0.479 e. The molecule has 0 aromatic rings. The van der Waals surface area contributed by atoms with E-state index in [4.69, 9.17) is 30.7 Å². The van der Waals surface area contributed by atoms with Crippen molar-refractivity contribution in [3.63, 3.8) is 0 Å². The topological polar surface area (TPSA) is 108 Å². The predicted molar refractivity (Wildman–Crippen MR) is 122 cm³/mol. The normalized spacial score (nSPS) is 16.7. The van der Waals surface area contributed by atoms with Crippen molar-refractivity contribution in [3.8, 4) is 0 Å². The fraction of sp³-hybridized carbons (Fsp3) is 0.789. The Hall–Kier alpha value is -1.00. The minimum atomic E-state index is -3.87. The first-order valence-corrected chi connectivity index (χ1v) is 13.3. The number of imide groups is 1. The molecule has 0 spiro atoms. The number of hydrogen-bond acceptors (Lipinski definition) is 10. The van der Waals surface area contributed by atoms with Crippen LogP contribution in [0.2, 0.25) is 0 Å². The number of nitrogens with zero attached hydrogens (tertiary/aromatic N) is 1. The molecular weight excluding hydrogens is 465 g/mol. The van der Waals surface area contributed by atoms with Gasteiger partial charge in [-0.05, 0) is 52.8 Å². The molecule has 2 atom stereocenters. The lowest BCUT2D eigenvalue weighted by Gasteiger charge is -2.31. The number of esters is 1. The third kappa shape index (κ3) is 8.81. The Morgan fingerprint density at radius 2 is 1.58 bits per heavy atom. The summed E-state index contributed by atoms with van der Waals surface area (Å²) in [5.74, 6) is -1.29. The van der Waals surface area contributed by atoms with Crippen molar-refractivity contribution in [3.05, 3.63) is 0 Å². The van der Waals surface area contributed by atoms with E-state index in [-0.39, 0.29) is 61.8 Å². The van der Waals surface area contributed by atoms with Gasteiger partial charge in [0.25, 0.3) is 0 Å². The summed E-state index contributed by atoms with van der Waals surface area (Å²) >= 11 is 6.33. The van der Waals surface area contributed by atoms with Gasteiger partial charge in [-0.2, -0.15) is 0 Å². The van der Waals surface area contributed by atoms with Crippen molar-refractivity contribution < 1.29 is 37.5 Å². The molecule has 12 heteroatoms. The number of piperidine rings is 1. The summed E-state index contributed by atoms with van der Waals surface area (Å²) in [4.78, 5) is 38.5. The van der Waals surface area contributed by atoms with E-state index >= 15 is 0 Å². The Labute approximate surface area is 193 Å². The van der Waals surface area contributed by atoms with Crippen molar-refractivity contribution in [1.82, 2.24) is 4.90 Å². The van der Waals surface area contributed by atoms with Crippen LogP contribution in [0.15, 0.2) is 0 Å². The molecule has 9 nitrogen and oxygen atoms in total. The van der Waals surface area contributed by atoms with Gasteiger partial charge in [-0.1, -0.05) is 11.8 Å². The van der Waals surface area contributed by atoms with Gasteiger partial charge < -0.3 is 18.5 Å². The van der Waals surface area contributed by atoms with E-state index in [1.807, 2.05) is 0 Å². The number of hydrogen-bond donors (Lipinski definition) is 0. The van der Waals surface area contributed by atoms with Crippen LogP contribution in [0.5, 0.6) is 0 Å². The first kappa shape index (κ1) is 28.0. The van der Waals surface area contributed by atoms with Gasteiger partial charge in [0.1, 0.15) is 0 Å². The predicted octanol–water partition coefficient (Wildman–Crippen LogP) is 3.54. The lowest BCUT2D eigenvalue weighted by molar-refractivity contribution is -0.147. The number of thioether (sulfide) groups is 1. The van der Waals surface area contributed by atoms with E-state index in [0.717, 1.165) is 11.8 Å². The molecule has 1 saturated heterocycles. The zero-order valence-electron chi connectivity index (χ0n) is 18.5. The van der Waals surface area contributed by atoms with E-state index < -0.39 is 24.5 Å². The van der Waals surface area contributed by atoms with Crippen molar-refractivity contribution in [2.45, 2.75) is 64.3 Å². The van der Waals surface area contributed by atoms with Crippen LogP contribution in [0.1, 0.15) is 53.4 Å². The first-order chi connectivity index (χ1) is 14.7. The zero-order chi connectivity index (χ0) is 23.4. The number of amides is 2. The van der Waals surface area contributed by atoms with Gasteiger partial charge in [0.05, 0.1) is 26.4 Å². The molecule has 0 saturated carbocycles. The van der Waals surface area contributed by atoms with Crippen LogP contribution in [-0.2, 0) is 37.5 Å². The van der Waals surface area contributed by atoms with Crippen LogP contribution in [0.4, 0.5) is 0 Å². The number of rotatable bonds is 13. The molecule has 31 heavy (non-hydrogen) atoms. The van der Waals surface area contributed by atoms with Crippen LogP contribution >= 0.6 is 31.6 Å². The summed E-state index contributed by atoms with van der Waals surface area (Å²) in [5.41, 5.74) is -1.23. The maximum atomic E-state index is 13.4. The molecule has 0 aromatic heterocycles. The molecule has 1 fully saturated rings. The second-order valence-electron chi connectivity index (χ2n) is 6.55. The van der Waals surface area contributed by atoms with Crippen LogP contribution in [0.25, 0.3) is 0 Å². The van der Waals surface area contributed by atoms with Gasteiger partial charge in [0.15, 0.2) is 5.66 Å². The Kier molecular flexibility index (Phi) is 12.9. The van der Waals surface area contributed by atoms with Gasteiger partial charge in [0.2, 0.25) is 16.2 Å². The summed E-state index contributed by atoms with van der Waals surface area (Å²) in [7, 11) is -3.87. The van der Waals surface area contributed by atoms with Crippen molar-refractivity contribution >= 4 is 53.7 Å². The number of ether oxygens (including phenoxy) is 2. The Bertz CT molecular complexity index is 664. The monoisotopic (exact) mass is 497 g/mol. The molecule has 2 amide bonds. The molecule has 0 radical (unpaired) electrons. The Balaban J connectivity index is 3.22. The van der Waals surface area contributed by atoms with Gasteiger partial charge >= 0.3 is 13.6 Å². The lowest BCUT2D eigenvalue weighted by Crippen LogP contribution is -2.45. The first-order valence-electron chi connectivity index (χ1n) is 10.4.